The third kappa shape index (κ3) is 4.22. The number of anilines is 1. The Balaban J connectivity index is 1.71. The Morgan fingerprint density at radius 2 is 1.88 bits per heavy atom. The largest absolute Gasteiger partial charge is 0.307 e. The smallest absolute Gasteiger partial charge is 0.249 e. The van der Waals surface area contributed by atoms with Crippen LogP contribution in [0.1, 0.15) is 16.7 Å². The second-order valence-corrected chi connectivity index (χ2v) is 5.82. The maximum absolute atomic E-state index is 13.6. The molecular weight excluding hydrogens is 336 g/mol. The number of aryl methyl sites for hydroxylation is 1. The standard InChI is InChI=1S/C20H17F2N3O/c1-14-4-2-5-15(12-14)13-25-19(10-11-23-25)24-20(26)9-8-16-17(21)6-3-7-18(16)22/h2-12H,13H2,1H3,(H,24,26). The molecule has 0 fully saturated rings. The van der Waals surface area contributed by atoms with Gasteiger partial charge in [-0.25, -0.2) is 13.5 Å². The molecule has 1 aromatic heterocycles. The van der Waals surface area contributed by atoms with Gasteiger partial charge in [0.2, 0.25) is 5.91 Å². The zero-order chi connectivity index (χ0) is 18.5. The van der Waals surface area contributed by atoms with Gasteiger partial charge in [0.15, 0.2) is 0 Å². The zero-order valence-electron chi connectivity index (χ0n) is 14.1. The van der Waals surface area contributed by atoms with E-state index in [0.717, 1.165) is 35.4 Å². The summed E-state index contributed by atoms with van der Waals surface area (Å²) < 4.78 is 28.8. The lowest BCUT2D eigenvalue weighted by Crippen LogP contribution is -2.14. The van der Waals surface area contributed by atoms with Crippen LogP contribution in [0.2, 0.25) is 0 Å². The van der Waals surface area contributed by atoms with Crippen LogP contribution in [0.25, 0.3) is 6.08 Å². The van der Waals surface area contributed by atoms with Crippen LogP contribution in [0.5, 0.6) is 0 Å². The Morgan fingerprint density at radius 1 is 1.15 bits per heavy atom. The summed E-state index contributed by atoms with van der Waals surface area (Å²) in [6, 6.07) is 13.2. The average Bonchev–Trinajstić information content (AvgIpc) is 3.01. The molecule has 0 radical (unpaired) electrons. The van der Waals surface area contributed by atoms with E-state index in [9.17, 15) is 13.6 Å². The van der Waals surface area contributed by atoms with Crippen molar-refractivity contribution in [2.24, 2.45) is 0 Å². The fraction of sp³-hybridized carbons (Fsp3) is 0.100. The van der Waals surface area contributed by atoms with Crippen molar-refractivity contribution in [3.05, 3.63) is 89.1 Å². The third-order valence-corrected chi connectivity index (χ3v) is 3.78. The van der Waals surface area contributed by atoms with E-state index in [-0.39, 0.29) is 5.56 Å². The van der Waals surface area contributed by atoms with Gasteiger partial charge in [-0.2, -0.15) is 5.10 Å². The molecule has 0 saturated carbocycles. The van der Waals surface area contributed by atoms with Crippen molar-refractivity contribution >= 4 is 17.8 Å². The van der Waals surface area contributed by atoms with E-state index >= 15 is 0 Å². The van der Waals surface area contributed by atoms with Gasteiger partial charge in [0, 0.05) is 17.7 Å². The van der Waals surface area contributed by atoms with E-state index in [2.05, 4.69) is 10.4 Å². The summed E-state index contributed by atoms with van der Waals surface area (Å²) in [5.74, 6) is -1.45. The van der Waals surface area contributed by atoms with Crippen molar-refractivity contribution < 1.29 is 13.6 Å². The van der Waals surface area contributed by atoms with Crippen LogP contribution in [0, 0.1) is 18.6 Å². The first-order valence-corrected chi connectivity index (χ1v) is 8.03. The lowest BCUT2D eigenvalue weighted by atomic mass is 10.1. The quantitative estimate of drug-likeness (QED) is 0.700. The van der Waals surface area contributed by atoms with Crippen LogP contribution in [0.4, 0.5) is 14.6 Å². The van der Waals surface area contributed by atoms with E-state index in [4.69, 9.17) is 0 Å². The maximum atomic E-state index is 13.6. The fourth-order valence-electron chi connectivity index (χ4n) is 2.55. The topological polar surface area (TPSA) is 46.9 Å². The van der Waals surface area contributed by atoms with Gasteiger partial charge in [0.25, 0.3) is 0 Å². The van der Waals surface area contributed by atoms with Crippen LogP contribution in [-0.2, 0) is 11.3 Å². The van der Waals surface area contributed by atoms with E-state index in [1.807, 2.05) is 31.2 Å². The van der Waals surface area contributed by atoms with Gasteiger partial charge in [-0.1, -0.05) is 35.9 Å². The van der Waals surface area contributed by atoms with E-state index in [1.165, 1.54) is 6.07 Å². The molecule has 1 heterocycles. The summed E-state index contributed by atoms with van der Waals surface area (Å²) in [6.07, 6.45) is 3.78. The van der Waals surface area contributed by atoms with E-state index in [1.54, 1.807) is 16.9 Å². The molecule has 1 amide bonds. The number of nitrogens with one attached hydrogen (secondary N) is 1. The number of halogens is 2. The monoisotopic (exact) mass is 353 g/mol. The predicted octanol–water partition coefficient (Wildman–Crippen LogP) is 4.17. The summed E-state index contributed by atoms with van der Waals surface area (Å²) >= 11 is 0. The second kappa shape index (κ2) is 7.74. The first-order chi connectivity index (χ1) is 12.5. The Morgan fingerprint density at radius 3 is 2.62 bits per heavy atom. The minimum absolute atomic E-state index is 0.254. The molecule has 0 atom stereocenters. The van der Waals surface area contributed by atoms with Gasteiger partial charge in [-0.3, -0.25) is 4.79 Å². The highest BCUT2D eigenvalue weighted by atomic mass is 19.1. The molecule has 2 aromatic carbocycles. The third-order valence-electron chi connectivity index (χ3n) is 3.78. The number of hydrogen-bond donors (Lipinski definition) is 1. The number of amides is 1. The SMILES string of the molecule is Cc1cccc(Cn2nccc2NC(=O)C=Cc2c(F)cccc2F)c1. The highest BCUT2D eigenvalue weighted by Crippen LogP contribution is 2.15. The molecule has 0 aliphatic heterocycles. The molecule has 26 heavy (non-hydrogen) atoms. The molecule has 3 aromatic rings. The van der Waals surface area contributed by atoms with Crippen LogP contribution in [0.3, 0.4) is 0 Å². The predicted molar refractivity (Wildman–Crippen MR) is 96.5 cm³/mol. The van der Waals surface area contributed by atoms with Crippen molar-refractivity contribution in [2.75, 3.05) is 5.32 Å². The van der Waals surface area contributed by atoms with Gasteiger partial charge in [0.05, 0.1) is 12.7 Å². The van der Waals surface area contributed by atoms with Crippen LogP contribution in [0.15, 0.2) is 60.8 Å². The Hall–Kier alpha value is -3.28. The van der Waals surface area contributed by atoms with E-state index in [0.29, 0.717) is 12.4 Å². The van der Waals surface area contributed by atoms with Crippen molar-refractivity contribution in [1.82, 2.24) is 9.78 Å². The van der Waals surface area contributed by atoms with Gasteiger partial charge in [-0.05, 0) is 30.7 Å². The first-order valence-electron chi connectivity index (χ1n) is 8.03. The summed E-state index contributed by atoms with van der Waals surface area (Å²) in [5.41, 5.74) is 1.93. The van der Waals surface area contributed by atoms with Crippen molar-refractivity contribution in [3.8, 4) is 0 Å². The molecule has 0 aliphatic carbocycles. The van der Waals surface area contributed by atoms with Gasteiger partial charge in [0.1, 0.15) is 17.5 Å². The normalized spacial score (nSPS) is 11.0. The molecule has 3 rings (SSSR count). The summed E-state index contributed by atoms with van der Waals surface area (Å²) in [5, 5.41) is 6.86. The number of carbonyl (C=O) groups is 1. The Bertz CT molecular complexity index is 943. The van der Waals surface area contributed by atoms with Gasteiger partial charge < -0.3 is 5.32 Å². The van der Waals surface area contributed by atoms with E-state index < -0.39 is 17.5 Å². The molecule has 4 nitrogen and oxygen atoms in total. The molecule has 0 bridgehead atoms. The molecule has 132 valence electrons. The molecule has 0 unspecified atom stereocenters. The van der Waals surface area contributed by atoms with Crippen molar-refractivity contribution in [3.63, 3.8) is 0 Å². The molecular formula is C20H17F2N3O. The summed E-state index contributed by atoms with van der Waals surface area (Å²) in [6.45, 7) is 2.50. The van der Waals surface area contributed by atoms with Crippen molar-refractivity contribution in [2.45, 2.75) is 13.5 Å². The lowest BCUT2D eigenvalue weighted by molar-refractivity contribution is -0.111. The Kier molecular flexibility index (Phi) is 5.22. The minimum Gasteiger partial charge on any atom is -0.307 e. The number of nitrogens with zero attached hydrogens (tertiary/aromatic N) is 2. The molecule has 0 spiro atoms. The molecule has 1 N–H and O–H groups in total. The summed E-state index contributed by atoms with van der Waals surface area (Å²) in [7, 11) is 0. The van der Waals surface area contributed by atoms with Gasteiger partial charge in [-0.15, -0.1) is 0 Å². The van der Waals surface area contributed by atoms with Crippen LogP contribution in [-0.4, -0.2) is 15.7 Å². The number of aromatic nitrogens is 2. The summed E-state index contributed by atoms with van der Waals surface area (Å²) in [4.78, 5) is 12.1. The average molecular weight is 353 g/mol. The van der Waals surface area contributed by atoms with Crippen LogP contribution >= 0.6 is 0 Å². The molecule has 6 heteroatoms. The fourth-order valence-corrected chi connectivity index (χ4v) is 2.55. The lowest BCUT2D eigenvalue weighted by Gasteiger charge is -2.08. The second-order valence-electron chi connectivity index (χ2n) is 5.82. The van der Waals surface area contributed by atoms with Crippen LogP contribution < -0.4 is 5.32 Å². The highest BCUT2D eigenvalue weighted by Gasteiger charge is 2.08. The maximum Gasteiger partial charge on any atom is 0.249 e. The number of hydrogen-bond acceptors (Lipinski definition) is 2. The van der Waals surface area contributed by atoms with Crippen molar-refractivity contribution in [1.29, 1.82) is 0 Å². The highest BCUT2D eigenvalue weighted by molar-refractivity contribution is 6.01. The molecule has 0 aliphatic rings. The number of benzene rings is 2. The first kappa shape index (κ1) is 17.5. The number of rotatable bonds is 5. The zero-order valence-corrected chi connectivity index (χ0v) is 14.1. The molecule has 0 saturated heterocycles. The number of carbonyl (C=O) groups excluding carboxylic acids is 1. The Labute approximate surface area is 149 Å². The minimum atomic E-state index is -0.724. The van der Waals surface area contributed by atoms with Gasteiger partial charge >= 0.3 is 0 Å².